The van der Waals surface area contributed by atoms with Crippen LogP contribution in [-0.2, 0) is 0 Å². The van der Waals surface area contributed by atoms with Gasteiger partial charge in [0.2, 0.25) is 0 Å². The predicted octanol–water partition coefficient (Wildman–Crippen LogP) is 10.1. The van der Waals surface area contributed by atoms with Crippen molar-refractivity contribution in [2.75, 3.05) is 0 Å². The van der Waals surface area contributed by atoms with Gasteiger partial charge in [-0.15, -0.1) is 0 Å². The third-order valence-corrected chi connectivity index (χ3v) is 7.13. The van der Waals surface area contributed by atoms with E-state index in [2.05, 4.69) is 125 Å². The first kappa shape index (κ1) is 31.7. The van der Waals surface area contributed by atoms with Gasteiger partial charge < -0.3 is 0 Å². The molecule has 0 heteroatoms. The Morgan fingerprint density at radius 2 is 0.519 bits per heavy atom. The summed E-state index contributed by atoms with van der Waals surface area (Å²) in [5.74, 6) is 3.21. The summed E-state index contributed by atoms with van der Waals surface area (Å²) in [6.45, 7) is 41.4. The van der Waals surface area contributed by atoms with Crippen LogP contribution < -0.4 is 0 Å². The third-order valence-electron chi connectivity index (χ3n) is 7.13. The van der Waals surface area contributed by atoms with Gasteiger partial charge >= 0.3 is 0 Å². The highest BCUT2D eigenvalue weighted by molar-refractivity contribution is 4.77. The second-order valence-corrected chi connectivity index (χ2v) is 13.8. The molecule has 0 aromatic carbocycles. The molecule has 0 rings (SSSR count). The molecule has 0 radical (unpaired) electrons. The zero-order chi connectivity index (χ0) is 23.0. The van der Waals surface area contributed by atoms with Crippen molar-refractivity contribution in [2.45, 2.75) is 131 Å². The highest BCUT2D eigenvalue weighted by Crippen LogP contribution is 2.37. The molecule has 0 bridgehead atoms. The predicted molar refractivity (Wildman–Crippen MR) is 130 cm³/mol. The summed E-state index contributed by atoms with van der Waals surface area (Å²) in [6.07, 6.45) is 1.34. The van der Waals surface area contributed by atoms with Crippen LogP contribution in [0.3, 0.4) is 0 Å². The fourth-order valence-corrected chi connectivity index (χ4v) is 1.24. The van der Waals surface area contributed by atoms with Crippen molar-refractivity contribution < 1.29 is 0 Å². The molecular formula is C27H60. The average Bonchev–Trinajstić information content (AvgIpc) is 2.35. The van der Waals surface area contributed by atoms with Crippen molar-refractivity contribution in [3.8, 4) is 0 Å². The molecule has 0 aromatic heterocycles. The maximum atomic E-state index is 2.38. The lowest BCUT2D eigenvalue weighted by Gasteiger charge is -2.35. The molecule has 2 unspecified atom stereocenters. The molecule has 0 saturated heterocycles. The molecular weight excluding hydrogens is 324 g/mol. The highest BCUT2D eigenvalue weighted by Gasteiger charge is 2.27. The van der Waals surface area contributed by atoms with Crippen LogP contribution in [0.5, 0.6) is 0 Å². The minimum absolute atomic E-state index is 0.458. The van der Waals surface area contributed by atoms with Crippen LogP contribution in [0.25, 0.3) is 0 Å². The normalized spacial score (nSPS) is 15.6. The summed E-state index contributed by atoms with van der Waals surface area (Å²) in [5, 5.41) is 0. The summed E-state index contributed by atoms with van der Waals surface area (Å²) in [7, 11) is 0. The van der Waals surface area contributed by atoms with Crippen molar-refractivity contribution in [3.05, 3.63) is 0 Å². The molecule has 0 aromatic rings. The van der Waals surface area contributed by atoms with Crippen LogP contribution in [-0.4, -0.2) is 0 Å². The molecule has 0 aliphatic carbocycles. The van der Waals surface area contributed by atoms with Gasteiger partial charge in [-0.05, 0) is 51.8 Å². The molecule has 0 heterocycles. The molecule has 2 atom stereocenters. The summed E-state index contributed by atoms with van der Waals surface area (Å²) in [4.78, 5) is 0. The summed E-state index contributed by atoms with van der Waals surface area (Å²) in [6, 6.07) is 0. The fraction of sp³-hybridized carbons (Fsp3) is 1.00. The highest BCUT2D eigenvalue weighted by atomic mass is 14.3. The Morgan fingerprint density at radius 3 is 0.593 bits per heavy atom. The Labute approximate surface area is 176 Å². The molecule has 0 nitrogen and oxygen atoms in total. The van der Waals surface area contributed by atoms with E-state index < -0.39 is 0 Å². The smallest absolute Gasteiger partial charge is 0.0357 e. The van der Waals surface area contributed by atoms with Crippen LogP contribution in [0.15, 0.2) is 0 Å². The SMILES string of the molecule is CC(C)C(C)(C)C.CC(C)C(C)(C)C.CC(CC(C)C(C)(C)C)C(C)(C)C. The van der Waals surface area contributed by atoms with E-state index in [1.165, 1.54) is 6.42 Å². The molecule has 0 aliphatic rings. The Morgan fingerprint density at radius 1 is 0.370 bits per heavy atom. The Kier molecular flexibility index (Phi) is 13.9. The van der Waals surface area contributed by atoms with Crippen molar-refractivity contribution >= 4 is 0 Å². The van der Waals surface area contributed by atoms with Crippen molar-refractivity contribution in [3.63, 3.8) is 0 Å². The lowest BCUT2D eigenvalue weighted by Crippen LogP contribution is -2.25. The van der Waals surface area contributed by atoms with Crippen LogP contribution in [0.4, 0.5) is 0 Å². The molecule has 27 heavy (non-hydrogen) atoms. The second kappa shape index (κ2) is 11.9. The van der Waals surface area contributed by atoms with E-state index in [-0.39, 0.29) is 0 Å². The minimum atomic E-state index is 0.458. The lowest BCUT2D eigenvalue weighted by atomic mass is 9.71. The first-order valence-electron chi connectivity index (χ1n) is 11.4. The van der Waals surface area contributed by atoms with Crippen LogP contribution in [0.2, 0.25) is 0 Å². The zero-order valence-electron chi connectivity index (χ0n) is 23.0. The average molecular weight is 385 g/mol. The van der Waals surface area contributed by atoms with Gasteiger partial charge in [-0.3, -0.25) is 0 Å². The van der Waals surface area contributed by atoms with Crippen LogP contribution in [0.1, 0.15) is 131 Å². The van der Waals surface area contributed by atoms with Gasteiger partial charge in [0.15, 0.2) is 0 Å². The fourth-order valence-electron chi connectivity index (χ4n) is 1.24. The van der Waals surface area contributed by atoms with Crippen LogP contribution in [0, 0.1) is 45.3 Å². The van der Waals surface area contributed by atoms with Gasteiger partial charge in [0.1, 0.15) is 0 Å². The summed E-state index contributed by atoms with van der Waals surface area (Å²) < 4.78 is 0. The standard InChI is InChI=1S/C13H28.2C7H16/c1-10(12(3,4)5)9-11(2)13(6,7)8;2*1-6(2)7(3,4)5/h10-11H,9H2,1-8H3;2*6H,1-5H3. The van der Waals surface area contributed by atoms with E-state index in [1.54, 1.807) is 0 Å². The third kappa shape index (κ3) is 19.1. The van der Waals surface area contributed by atoms with E-state index in [0.717, 1.165) is 23.7 Å². The van der Waals surface area contributed by atoms with E-state index in [9.17, 15) is 0 Å². The summed E-state index contributed by atoms with van der Waals surface area (Å²) >= 11 is 0. The van der Waals surface area contributed by atoms with Crippen molar-refractivity contribution in [1.29, 1.82) is 0 Å². The number of hydrogen-bond donors (Lipinski definition) is 0. The molecule has 168 valence electrons. The Bertz CT molecular complexity index is 307. The first-order valence-corrected chi connectivity index (χ1v) is 11.4. The van der Waals surface area contributed by atoms with Gasteiger partial charge in [-0.1, -0.05) is 125 Å². The number of hydrogen-bond acceptors (Lipinski definition) is 0. The minimum Gasteiger partial charge on any atom is -0.0623 e. The molecule has 0 N–H and O–H groups in total. The van der Waals surface area contributed by atoms with E-state index >= 15 is 0 Å². The number of rotatable bonds is 2. The largest absolute Gasteiger partial charge is 0.0623 e. The van der Waals surface area contributed by atoms with E-state index in [4.69, 9.17) is 0 Å². The molecule has 0 fully saturated rings. The topological polar surface area (TPSA) is 0 Å². The van der Waals surface area contributed by atoms with Gasteiger partial charge in [-0.2, -0.15) is 0 Å². The van der Waals surface area contributed by atoms with E-state index in [0.29, 0.717) is 21.7 Å². The van der Waals surface area contributed by atoms with Gasteiger partial charge in [0.25, 0.3) is 0 Å². The zero-order valence-corrected chi connectivity index (χ0v) is 23.0. The maximum absolute atomic E-state index is 2.38. The summed E-state index contributed by atoms with van der Waals surface area (Å²) in [5.41, 5.74) is 1.92. The Balaban J connectivity index is -0.000000350. The van der Waals surface area contributed by atoms with Crippen molar-refractivity contribution in [1.82, 2.24) is 0 Å². The van der Waals surface area contributed by atoms with Gasteiger partial charge in [0, 0.05) is 0 Å². The maximum Gasteiger partial charge on any atom is -0.0357 e. The van der Waals surface area contributed by atoms with Crippen molar-refractivity contribution in [2.24, 2.45) is 45.3 Å². The lowest BCUT2D eigenvalue weighted by molar-refractivity contribution is 0.157. The Hall–Kier alpha value is 0. The quantitative estimate of drug-likeness (QED) is 0.444. The molecule has 0 aliphatic heterocycles. The molecule has 0 amide bonds. The monoisotopic (exact) mass is 384 g/mol. The molecule has 0 spiro atoms. The second-order valence-electron chi connectivity index (χ2n) is 13.8. The molecule has 0 saturated carbocycles. The van der Waals surface area contributed by atoms with E-state index in [1.807, 2.05) is 0 Å². The van der Waals surface area contributed by atoms with Gasteiger partial charge in [-0.25, -0.2) is 0 Å². The van der Waals surface area contributed by atoms with Gasteiger partial charge in [0.05, 0.1) is 0 Å². The van der Waals surface area contributed by atoms with Crippen LogP contribution >= 0.6 is 0 Å². The first-order chi connectivity index (χ1) is 11.4.